The molecule has 106 valence electrons. The second kappa shape index (κ2) is 6.77. The first kappa shape index (κ1) is 14.9. The van der Waals surface area contributed by atoms with E-state index in [-0.39, 0.29) is 11.0 Å². The van der Waals surface area contributed by atoms with Crippen molar-refractivity contribution in [2.24, 2.45) is 0 Å². The smallest absolute Gasteiger partial charge is 0.228 e. The molecule has 0 fully saturated rings. The minimum Gasteiger partial charge on any atom is -0.493 e. The van der Waals surface area contributed by atoms with E-state index in [0.29, 0.717) is 22.9 Å². The van der Waals surface area contributed by atoms with Gasteiger partial charge in [0.2, 0.25) is 5.88 Å². The van der Waals surface area contributed by atoms with Gasteiger partial charge in [0.25, 0.3) is 0 Å². The summed E-state index contributed by atoms with van der Waals surface area (Å²) in [5, 5.41) is 0.286. The fourth-order valence-electron chi connectivity index (χ4n) is 1.70. The SMILES string of the molecule is CCc1ccc(Oc2ncnc(Cl)c2CCl)c(OC)c1. The number of hydrogen-bond donors (Lipinski definition) is 0. The highest BCUT2D eigenvalue weighted by molar-refractivity contribution is 6.31. The van der Waals surface area contributed by atoms with Gasteiger partial charge in [-0.25, -0.2) is 9.97 Å². The molecule has 0 aliphatic carbocycles. The fraction of sp³-hybridized carbons (Fsp3) is 0.286. The molecule has 0 atom stereocenters. The number of aromatic nitrogens is 2. The van der Waals surface area contributed by atoms with Crippen LogP contribution in [0.15, 0.2) is 24.5 Å². The Morgan fingerprint density at radius 2 is 2.00 bits per heavy atom. The second-order valence-electron chi connectivity index (χ2n) is 4.02. The Hall–Kier alpha value is -1.52. The molecule has 6 heteroatoms. The summed E-state index contributed by atoms with van der Waals surface area (Å²) in [5.74, 6) is 1.71. The predicted octanol–water partition coefficient (Wildman–Crippen LogP) is 4.23. The molecule has 0 saturated carbocycles. The zero-order valence-corrected chi connectivity index (χ0v) is 12.7. The minimum absolute atomic E-state index is 0.171. The van der Waals surface area contributed by atoms with E-state index >= 15 is 0 Å². The largest absolute Gasteiger partial charge is 0.493 e. The average Bonchev–Trinajstić information content (AvgIpc) is 2.48. The lowest BCUT2D eigenvalue weighted by Crippen LogP contribution is -1.98. The van der Waals surface area contributed by atoms with Gasteiger partial charge < -0.3 is 9.47 Å². The molecule has 0 unspecified atom stereocenters. The van der Waals surface area contributed by atoms with Gasteiger partial charge in [0, 0.05) is 0 Å². The van der Waals surface area contributed by atoms with Gasteiger partial charge in [-0.05, 0) is 24.1 Å². The van der Waals surface area contributed by atoms with Crippen molar-refractivity contribution < 1.29 is 9.47 Å². The maximum absolute atomic E-state index is 5.97. The molecule has 0 bridgehead atoms. The number of hydrogen-bond acceptors (Lipinski definition) is 4. The van der Waals surface area contributed by atoms with E-state index in [1.54, 1.807) is 7.11 Å². The zero-order valence-electron chi connectivity index (χ0n) is 11.2. The fourth-order valence-corrected chi connectivity index (χ4v) is 2.20. The molecule has 1 aromatic carbocycles. The summed E-state index contributed by atoms with van der Waals surface area (Å²) >= 11 is 11.8. The molecule has 0 N–H and O–H groups in total. The molecular formula is C14H14Cl2N2O2. The second-order valence-corrected chi connectivity index (χ2v) is 4.65. The molecule has 2 rings (SSSR count). The average molecular weight is 313 g/mol. The third-order valence-electron chi connectivity index (χ3n) is 2.83. The van der Waals surface area contributed by atoms with E-state index in [2.05, 4.69) is 16.9 Å². The summed E-state index contributed by atoms with van der Waals surface area (Å²) in [6.07, 6.45) is 2.25. The normalized spacial score (nSPS) is 10.4. The lowest BCUT2D eigenvalue weighted by molar-refractivity contribution is 0.372. The maximum atomic E-state index is 5.97. The van der Waals surface area contributed by atoms with Crippen molar-refractivity contribution in [3.8, 4) is 17.4 Å². The molecular weight excluding hydrogens is 299 g/mol. The van der Waals surface area contributed by atoms with Crippen LogP contribution in [0, 0.1) is 0 Å². The van der Waals surface area contributed by atoms with Crippen LogP contribution in [-0.4, -0.2) is 17.1 Å². The van der Waals surface area contributed by atoms with Gasteiger partial charge in [0.1, 0.15) is 11.5 Å². The van der Waals surface area contributed by atoms with Gasteiger partial charge in [0.15, 0.2) is 11.5 Å². The molecule has 0 radical (unpaired) electrons. The highest BCUT2D eigenvalue weighted by Gasteiger charge is 2.13. The van der Waals surface area contributed by atoms with Gasteiger partial charge in [-0.15, -0.1) is 11.6 Å². The third kappa shape index (κ3) is 3.14. The number of halogens is 2. The van der Waals surface area contributed by atoms with Crippen LogP contribution in [0.25, 0.3) is 0 Å². The van der Waals surface area contributed by atoms with Crippen molar-refractivity contribution in [3.05, 3.63) is 40.8 Å². The van der Waals surface area contributed by atoms with Crippen LogP contribution >= 0.6 is 23.2 Å². The Balaban J connectivity index is 2.37. The van der Waals surface area contributed by atoms with Gasteiger partial charge in [0.05, 0.1) is 18.6 Å². The molecule has 20 heavy (non-hydrogen) atoms. The van der Waals surface area contributed by atoms with Crippen molar-refractivity contribution in [2.45, 2.75) is 19.2 Å². The number of benzene rings is 1. The van der Waals surface area contributed by atoms with Gasteiger partial charge in [-0.1, -0.05) is 24.6 Å². The molecule has 0 spiro atoms. The van der Waals surface area contributed by atoms with Crippen molar-refractivity contribution in [1.29, 1.82) is 0 Å². The Kier molecular flexibility index (Phi) is 5.04. The van der Waals surface area contributed by atoms with Crippen LogP contribution in [0.4, 0.5) is 0 Å². The molecule has 0 aliphatic rings. The van der Waals surface area contributed by atoms with Crippen molar-refractivity contribution >= 4 is 23.2 Å². The molecule has 1 heterocycles. The lowest BCUT2D eigenvalue weighted by Gasteiger charge is -2.12. The summed E-state index contributed by atoms with van der Waals surface area (Å²) in [5.41, 5.74) is 1.71. The van der Waals surface area contributed by atoms with E-state index < -0.39 is 0 Å². The van der Waals surface area contributed by atoms with E-state index in [1.807, 2.05) is 18.2 Å². The Labute approximate surface area is 127 Å². The Bertz CT molecular complexity index is 606. The van der Waals surface area contributed by atoms with Crippen LogP contribution in [0.5, 0.6) is 17.4 Å². The maximum Gasteiger partial charge on any atom is 0.228 e. The van der Waals surface area contributed by atoms with E-state index in [1.165, 1.54) is 6.33 Å². The van der Waals surface area contributed by atoms with Gasteiger partial charge in [-0.3, -0.25) is 0 Å². The van der Waals surface area contributed by atoms with Crippen molar-refractivity contribution in [1.82, 2.24) is 9.97 Å². The number of ether oxygens (including phenoxy) is 2. The highest BCUT2D eigenvalue weighted by Crippen LogP contribution is 2.34. The number of alkyl halides is 1. The third-order valence-corrected chi connectivity index (χ3v) is 3.42. The zero-order chi connectivity index (χ0) is 14.5. The molecule has 0 saturated heterocycles. The van der Waals surface area contributed by atoms with Gasteiger partial charge >= 0.3 is 0 Å². The summed E-state index contributed by atoms with van der Waals surface area (Å²) in [6, 6.07) is 5.74. The monoisotopic (exact) mass is 312 g/mol. The van der Waals surface area contributed by atoms with Crippen LogP contribution < -0.4 is 9.47 Å². The number of nitrogens with zero attached hydrogens (tertiary/aromatic N) is 2. The molecule has 2 aromatic rings. The Morgan fingerprint density at radius 1 is 1.20 bits per heavy atom. The van der Waals surface area contributed by atoms with Crippen LogP contribution in [0.1, 0.15) is 18.1 Å². The lowest BCUT2D eigenvalue weighted by atomic mass is 10.1. The summed E-state index contributed by atoms with van der Waals surface area (Å²) in [4.78, 5) is 7.95. The van der Waals surface area contributed by atoms with E-state index in [9.17, 15) is 0 Å². The van der Waals surface area contributed by atoms with Crippen LogP contribution in [0.3, 0.4) is 0 Å². The number of aryl methyl sites for hydroxylation is 1. The minimum atomic E-state index is 0.171. The van der Waals surface area contributed by atoms with Gasteiger partial charge in [-0.2, -0.15) is 0 Å². The number of rotatable bonds is 5. The van der Waals surface area contributed by atoms with Crippen LogP contribution in [0.2, 0.25) is 5.15 Å². The summed E-state index contributed by atoms with van der Waals surface area (Å²) in [6.45, 7) is 2.07. The first-order valence-corrected chi connectivity index (χ1v) is 7.01. The molecule has 4 nitrogen and oxygen atoms in total. The summed E-state index contributed by atoms with van der Waals surface area (Å²) in [7, 11) is 1.59. The van der Waals surface area contributed by atoms with E-state index in [4.69, 9.17) is 32.7 Å². The number of methoxy groups -OCH3 is 1. The standard InChI is InChI=1S/C14H14Cl2N2O2/c1-3-9-4-5-11(12(6-9)19-2)20-14-10(7-15)13(16)17-8-18-14/h4-6,8H,3,7H2,1-2H3. The highest BCUT2D eigenvalue weighted by atomic mass is 35.5. The van der Waals surface area contributed by atoms with Crippen LogP contribution in [-0.2, 0) is 12.3 Å². The predicted molar refractivity (Wildman–Crippen MR) is 79.0 cm³/mol. The summed E-state index contributed by atoms with van der Waals surface area (Å²) < 4.78 is 11.1. The molecule has 0 amide bonds. The molecule has 1 aromatic heterocycles. The topological polar surface area (TPSA) is 44.2 Å². The Morgan fingerprint density at radius 3 is 2.65 bits per heavy atom. The first-order chi connectivity index (χ1) is 9.69. The van der Waals surface area contributed by atoms with Crippen molar-refractivity contribution in [2.75, 3.05) is 7.11 Å². The first-order valence-electron chi connectivity index (χ1n) is 6.09. The molecule has 0 aliphatic heterocycles. The van der Waals surface area contributed by atoms with Crippen molar-refractivity contribution in [3.63, 3.8) is 0 Å². The quantitative estimate of drug-likeness (QED) is 0.612. The van der Waals surface area contributed by atoms with E-state index in [0.717, 1.165) is 12.0 Å².